The van der Waals surface area contributed by atoms with E-state index in [1.165, 1.54) is 6.42 Å². The normalized spacial score (nSPS) is 22.6. The minimum atomic E-state index is 0.257. The van der Waals surface area contributed by atoms with Crippen molar-refractivity contribution in [2.75, 3.05) is 27.2 Å². The van der Waals surface area contributed by atoms with E-state index in [2.05, 4.69) is 46.7 Å². The van der Waals surface area contributed by atoms with E-state index in [0.717, 1.165) is 23.1 Å². The largest absolute Gasteiger partial charge is 0.508 e. The highest BCUT2D eigenvalue weighted by atomic mass is 79.9. The number of hydrogen-bond acceptors (Lipinski definition) is 3. The molecule has 2 atom stereocenters. The van der Waals surface area contributed by atoms with Crippen LogP contribution in [-0.2, 0) is 0 Å². The number of phenolic OH excluding ortho intramolecular Hbond substituents is 1. The fourth-order valence-corrected chi connectivity index (χ4v) is 2.98. The summed E-state index contributed by atoms with van der Waals surface area (Å²) in [6.07, 6.45) is 1.20. The van der Waals surface area contributed by atoms with Crippen LogP contribution in [0.25, 0.3) is 0 Å². The molecule has 0 bridgehead atoms. The Labute approximate surface area is 118 Å². The molecule has 0 aromatic heterocycles. The molecule has 100 valence electrons. The molecule has 1 aliphatic rings. The van der Waals surface area contributed by atoms with Crippen LogP contribution in [0.3, 0.4) is 0 Å². The topological polar surface area (TPSA) is 26.7 Å². The van der Waals surface area contributed by atoms with Gasteiger partial charge in [0.1, 0.15) is 5.75 Å². The summed E-state index contributed by atoms with van der Waals surface area (Å²) in [5.74, 6) is 0.388. The predicted molar refractivity (Wildman–Crippen MR) is 77.9 cm³/mol. The molecular formula is C14H21BrN2O. The van der Waals surface area contributed by atoms with E-state index in [1.807, 2.05) is 12.1 Å². The monoisotopic (exact) mass is 312 g/mol. The molecule has 0 radical (unpaired) electrons. The number of phenols is 1. The van der Waals surface area contributed by atoms with Gasteiger partial charge in [0.15, 0.2) is 0 Å². The van der Waals surface area contributed by atoms with Gasteiger partial charge in [-0.1, -0.05) is 15.9 Å². The van der Waals surface area contributed by atoms with Crippen LogP contribution in [-0.4, -0.2) is 48.1 Å². The third kappa shape index (κ3) is 2.87. The average molecular weight is 313 g/mol. The fourth-order valence-electron chi connectivity index (χ4n) is 2.60. The molecule has 1 fully saturated rings. The summed E-state index contributed by atoms with van der Waals surface area (Å²) >= 11 is 3.47. The Kier molecular flexibility index (Phi) is 4.30. The predicted octanol–water partition coefficient (Wildman–Crippen LogP) is 2.85. The maximum Gasteiger partial charge on any atom is 0.120 e. The second-order valence-electron chi connectivity index (χ2n) is 5.28. The van der Waals surface area contributed by atoms with Gasteiger partial charge in [0, 0.05) is 35.2 Å². The summed E-state index contributed by atoms with van der Waals surface area (Å²) in [5.41, 5.74) is 1.00. The van der Waals surface area contributed by atoms with Crippen molar-refractivity contribution in [3.05, 3.63) is 28.2 Å². The quantitative estimate of drug-likeness (QED) is 0.929. The van der Waals surface area contributed by atoms with Crippen molar-refractivity contribution in [2.24, 2.45) is 0 Å². The van der Waals surface area contributed by atoms with Crippen LogP contribution < -0.4 is 0 Å². The zero-order valence-electron chi connectivity index (χ0n) is 11.2. The zero-order chi connectivity index (χ0) is 13.3. The first-order valence-electron chi connectivity index (χ1n) is 6.38. The maximum absolute atomic E-state index is 9.98. The second-order valence-corrected chi connectivity index (χ2v) is 6.20. The van der Waals surface area contributed by atoms with Gasteiger partial charge in [0.2, 0.25) is 0 Å². The Balaban J connectivity index is 2.12. The lowest BCUT2D eigenvalue weighted by Gasteiger charge is -2.26. The van der Waals surface area contributed by atoms with Crippen LogP contribution in [0.5, 0.6) is 5.75 Å². The van der Waals surface area contributed by atoms with E-state index < -0.39 is 0 Å². The number of benzene rings is 1. The molecule has 2 unspecified atom stereocenters. The Morgan fingerprint density at radius 1 is 1.44 bits per heavy atom. The number of rotatable bonds is 3. The number of aromatic hydroxyl groups is 1. The standard InChI is InChI=1S/C14H21BrN2O/c1-10(13-8-11(15)4-5-14(13)18)17-7-6-12(9-17)16(2)3/h4-5,8,10,12,18H,6-7,9H2,1-3H3. The van der Waals surface area contributed by atoms with Gasteiger partial charge in [0.05, 0.1) is 0 Å². The van der Waals surface area contributed by atoms with Gasteiger partial charge in [0.25, 0.3) is 0 Å². The molecule has 0 spiro atoms. The van der Waals surface area contributed by atoms with E-state index in [0.29, 0.717) is 11.8 Å². The van der Waals surface area contributed by atoms with Gasteiger partial charge >= 0.3 is 0 Å². The summed E-state index contributed by atoms with van der Waals surface area (Å²) in [7, 11) is 4.27. The van der Waals surface area contributed by atoms with Gasteiger partial charge in [-0.2, -0.15) is 0 Å². The highest BCUT2D eigenvalue weighted by Gasteiger charge is 2.28. The summed E-state index contributed by atoms with van der Waals surface area (Å²) in [5, 5.41) is 9.98. The van der Waals surface area contributed by atoms with Crippen LogP contribution in [0.2, 0.25) is 0 Å². The number of hydrogen-bond donors (Lipinski definition) is 1. The number of likely N-dealkylation sites (N-methyl/N-ethyl adjacent to an activating group) is 1. The summed E-state index contributed by atoms with van der Waals surface area (Å²) < 4.78 is 1.02. The zero-order valence-corrected chi connectivity index (χ0v) is 12.8. The van der Waals surface area contributed by atoms with Crippen molar-refractivity contribution in [1.82, 2.24) is 9.80 Å². The highest BCUT2D eigenvalue weighted by Crippen LogP contribution is 2.33. The van der Waals surface area contributed by atoms with Crippen LogP contribution in [0, 0.1) is 0 Å². The first kappa shape index (κ1) is 13.8. The van der Waals surface area contributed by atoms with Gasteiger partial charge in [-0.25, -0.2) is 0 Å². The molecule has 0 saturated carbocycles. The van der Waals surface area contributed by atoms with Gasteiger partial charge < -0.3 is 10.0 Å². The second kappa shape index (κ2) is 5.59. The number of likely N-dealkylation sites (tertiary alicyclic amines) is 1. The molecule has 0 aliphatic carbocycles. The Morgan fingerprint density at radius 3 is 2.78 bits per heavy atom. The van der Waals surface area contributed by atoms with E-state index in [1.54, 1.807) is 6.07 Å². The SMILES string of the molecule is CC(c1cc(Br)ccc1O)N1CCC(N(C)C)C1. The summed E-state index contributed by atoms with van der Waals surface area (Å²) in [6.45, 7) is 4.33. The van der Waals surface area contributed by atoms with Crippen molar-refractivity contribution in [1.29, 1.82) is 0 Å². The molecule has 1 aromatic carbocycles. The lowest BCUT2D eigenvalue weighted by atomic mass is 10.1. The van der Waals surface area contributed by atoms with Crippen LogP contribution >= 0.6 is 15.9 Å². The number of halogens is 1. The molecule has 1 aliphatic heterocycles. The number of nitrogens with zero attached hydrogens (tertiary/aromatic N) is 2. The molecule has 2 rings (SSSR count). The third-order valence-electron chi connectivity index (χ3n) is 3.91. The Bertz CT molecular complexity index is 422. The lowest BCUT2D eigenvalue weighted by Crippen LogP contribution is -2.32. The van der Waals surface area contributed by atoms with E-state index in [4.69, 9.17) is 0 Å². The summed E-state index contributed by atoms with van der Waals surface area (Å²) in [6, 6.07) is 6.53. The van der Waals surface area contributed by atoms with Crippen LogP contribution in [0.4, 0.5) is 0 Å². The third-order valence-corrected chi connectivity index (χ3v) is 4.41. The molecule has 18 heavy (non-hydrogen) atoms. The van der Waals surface area contributed by atoms with Crippen LogP contribution in [0.15, 0.2) is 22.7 Å². The van der Waals surface area contributed by atoms with Crippen molar-refractivity contribution in [3.8, 4) is 5.75 Å². The lowest BCUT2D eigenvalue weighted by molar-refractivity contribution is 0.225. The molecular weight excluding hydrogens is 292 g/mol. The van der Waals surface area contributed by atoms with Crippen LogP contribution in [0.1, 0.15) is 24.9 Å². The Morgan fingerprint density at radius 2 is 2.17 bits per heavy atom. The van der Waals surface area contributed by atoms with Gasteiger partial charge in [-0.15, -0.1) is 0 Å². The van der Waals surface area contributed by atoms with E-state index in [9.17, 15) is 5.11 Å². The van der Waals surface area contributed by atoms with Crippen molar-refractivity contribution >= 4 is 15.9 Å². The first-order chi connectivity index (χ1) is 8.49. The average Bonchev–Trinajstić information content (AvgIpc) is 2.81. The molecule has 1 saturated heterocycles. The minimum absolute atomic E-state index is 0.257. The van der Waals surface area contributed by atoms with Crippen molar-refractivity contribution in [3.63, 3.8) is 0 Å². The highest BCUT2D eigenvalue weighted by molar-refractivity contribution is 9.10. The Hall–Kier alpha value is -0.580. The smallest absolute Gasteiger partial charge is 0.120 e. The molecule has 1 N–H and O–H groups in total. The maximum atomic E-state index is 9.98. The first-order valence-corrected chi connectivity index (χ1v) is 7.17. The molecule has 1 aromatic rings. The fraction of sp³-hybridized carbons (Fsp3) is 0.571. The van der Waals surface area contributed by atoms with Gasteiger partial charge in [-0.3, -0.25) is 4.90 Å². The van der Waals surface area contributed by atoms with E-state index in [-0.39, 0.29) is 6.04 Å². The van der Waals surface area contributed by atoms with Crippen molar-refractivity contribution < 1.29 is 5.11 Å². The van der Waals surface area contributed by atoms with Crippen molar-refractivity contribution in [2.45, 2.75) is 25.4 Å². The summed E-state index contributed by atoms with van der Waals surface area (Å²) in [4.78, 5) is 4.72. The molecule has 4 heteroatoms. The molecule has 0 amide bonds. The van der Waals surface area contributed by atoms with Gasteiger partial charge in [-0.05, 0) is 45.6 Å². The van der Waals surface area contributed by atoms with E-state index >= 15 is 0 Å². The molecule has 1 heterocycles. The molecule has 3 nitrogen and oxygen atoms in total. The minimum Gasteiger partial charge on any atom is -0.508 e.